The normalized spacial score (nSPS) is 12.3. The molecule has 8 heteroatoms. The molecule has 1 aromatic rings. The molecule has 0 unspecified atom stereocenters. The fourth-order valence-electron chi connectivity index (χ4n) is 1.39. The summed E-state index contributed by atoms with van der Waals surface area (Å²) in [6.07, 6.45) is 0.630. The summed E-state index contributed by atoms with van der Waals surface area (Å²) >= 11 is 3.09. The molecule has 0 aliphatic heterocycles. The third kappa shape index (κ3) is 3.55. The Labute approximate surface area is 115 Å². The van der Waals surface area contributed by atoms with Crippen LogP contribution in [0.15, 0.2) is 20.0 Å². The van der Waals surface area contributed by atoms with Gasteiger partial charge in [-0.15, -0.1) is 0 Å². The van der Waals surface area contributed by atoms with Crippen molar-refractivity contribution < 1.29 is 17.6 Å². The minimum absolute atomic E-state index is 0.0999. The highest BCUT2D eigenvalue weighted by Gasteiger charge is 2.26. The Morgan fingerprint density at radius 1 is 1.56 bits per heavy atom. The first-order valence-corrected chi connectivity index (χ1v) is 7.60. The van der Waals surface area contributed by atoms with Crippen LogP contribution in [0, 0.1) is 0 Å². The van der Waals surface area contributed by atoms with Crippen molar-refractivity contribution in [2.75, 3.05) is 27.3 Å². The Morgan fingerprint density at radius 2 is 2.22 bits per heavy atom. The predicted molar refractivity (Wildman–Crippen MR) is 70.6 cm³/mol. The van der Waals surface area contributed by atoms with Crippen molar-refractivity contribution in [3.63, 3.8) is 0 Å². The van der Waals surface area contributed by atoms with Crippen molar-refractivity contribution in [1.29, 1.82) is 0 Å². The minimum Gasteiger partial charge on any atom is -0.452 e. The van der Waals surface area contributed by atoms with Crippen molar-refractivity contribution in [2.24, 2.45) is 5.73 Å². The summed E-state index contributed by atoms with van der Waals surface area (Å²) < 4.78 is 36.0. The number of ether oxygens (including phenoxy) is 1. The molecule has 0 aromatic carbocycles. The van der Waals surface area contributed by atoms with E-state index in [0.29, 0.717) is 25.3 Å². The lowest BCUT2D eigenvalue weighted by atomic mass is 10.4. The molecular weight excluding hydrogens is 324 g/mol. The van der Waals surface area contributed by atoms with Gasteiger partial charge in [0.25, 0.3) is 0 Å². The van der Waals surface area contributed by atoms with Gasteiger partial charge in [-0.3, -0.25) is 0 Å². The monoisotopic (exact) mass is 340 g/mol. The van der Waals surface area contributed by atoms with Crippen LogP contribution in [0.3, 0.4) is 0 Å². The van der Waals surface area contributed by atoms with E-state index in [1.54, 1.807) is 7.11 Å². The fourth-order valence-corrected chi connectivity index (χ4v) is 3.56. The van der Waals surface area contributed by atoms with E-state index in [2.05, 4.69) is 15.9 Å². The zero-order valence-electron chi connectivity index (χ0n) is 10.3. The number of hydrogen-bond acceptors (Lipinski definition) is 5. The standard InChI is InChI=1S/C10H17BrN2O4S/c1-13(4-3-5-16-2)18(14,15)9-6-8(7-12)17-10(9)11/h6H,3-5,7,12H2,1-2H3. The topological polar surface area (TPSA) is 85.8 Å². The molecule has 0 spiro atoms. The molecule has 18 heavy (non-hydrogen) atoms. The Balaban J connectivity index is 2.87. The highest BCUT2D eigenvalue weighted by Crippen LogP contribution is 2.28. The van der Waals surface area contributed by atoms with E-state index in [4.69, 9.17) is 14.9 Å². The van der Waals surface area contributed by atoms with Crippen molar-refractivity contribution in [2.45, 2.75) is 17.9 Å². The maximum atomic E-state index is 12.2. The third-order valence-corrected chi connectivity index (χ3v) is 5.13. The lowest BCUT2D eigenvalue weighted by Gasteiger charge is -2.15. The third-order valence-electron chi connectivity index (χ3n) is 2.42. The first-order valence-electron chi connectivity index (χ1n) is 5.37. The Kier molecular flexibility index (Phi) is 5.80. The number of halogens is 1. The first-order chi connectivity index (χ1) is 8.43. The van der Waals surface area contributed by atoms with Crippen molar-refractivity contribution in [3.05, 3.63) is 16.5 Å². The van der Waals surface area contributed by atoms with Crippen LogP contribution in [0.2, 0.25) is 0 Å². The van der Waals surface area contributed by atoms with Crippen LogP contribution in [0.1, 0.15) is 12.2 Å². The van der Waals surface area contributed by atoms with E-state index >= 15 is 0 Å². The summed E-state index contributed by atoms with van der Waals surface area (Å²) in [7, 11) is -0.459. The predicted octanol–water partition coefficient (Wildman–Crippen LogP) is 1.16. The van der Waals surface area contributed by atoms with Crippen LogP contribution in [-0.4, -0.2) is 40.0 Å². The number of nitrogens with two attached hydrogens (primary N) is 1. The average molecular weight is 341 g/mol. The Hall–Kier alpha value is -0.410. The molecule has 1 heterocycles. The second kappa shape index (κ2) is 6.67. The molecule has 1 rings (SSSR count). The van der Waals surface area contributed by atoms with Gasteiger partial charge in [-0.25, -0.2) is 12.7 Å². The molecule has 0 saturated heterocycles. The maximum Gasteiger partial charge on any atom is 0.247 e. The van der Waals surface area contributed by atoms with Crippen LogP contribution < -0.4 is 5.73 Å². The zero-order chi connectivity index (χ0) is 13.8. The van der Waals surface area contributed by atoms with Gasteiger partial charge < -0.3 is 14.9 Å². The van der Waals surface area contributed by atoms with Crippen LogP contribution in [-0.2, 0) is 21.3 Å². The SMILES string of the molecule is COCCCN(C)S(=O)(=O)c1cc(CN)oc1Br. The van der Waals surface area contributed by atoms with E-state index in [9.17, 15) is 8.42 Å². The molecule has 0 saturated carbocycles. The molecule has 2 N–H and O–H groups in total. The lowest BCUT2D eigenvalue weighted by Crippen LogP contribution is -2.28. The lowest BCUT2D eigenvalue weighted by molar-refractivity contribution is 0.189. The summed E-state index contributed by atoms with van der Waals surface area (Å²) in [5.74, 6) is 0.422. The van der Waals surface area contributed by atoms with Crippen LogP contribution >= 0.6 is 15.9 Å². The molecule has 0 aliphatic rings. The Morgan fingerprint density at radius 3 is 2.72 bits per heavy atom. The molecule has 0 aliphatic carbocycles. The highest BCUT2D eigenvalue weighted by molar-refractivity contribution is 9.10. The highest BCUT2D eigenvalue weighted by atomic mass is 79.9. The zero-order valence-corrected chi connectivity index (χ0v) is 12.8. The number of furan rings is 1. The van der Waals surface area contributed by atoms with Gasteiger partial charge in [0, 0.05) is 33.4 Å². The molecule has 6 nitrogen and oxygen atoms in total. The van der Waals surface area contributed by atoms with Crippen molar-refractivity contribution in [1.82, 2.24) is 4.31 Å². The van der Waals surface area contributed by atoms with Crippen LogP contribution in [0.25, 0.3) is 0 Å². The van der Waals surface area contributed by atoms with E-state index in [0.717, 1.165) is 0 Å². The average Bonchev–Trinajstić information content (AvgIpc) is 2.71. The fraction of sp³-hybridized carbons (Fsp3) is 0.600. The van der Waals surface area contributed by atoms with Gasteiger partial charge in [-0.05, 0) is 22.4 Å². The van der Waals surface area contributed by atoms with E-state index in [-0.39, 0.29) is 16.1 Å². The number of rotatable bonds is 7. The van der Waals surface area contributed by atoms with Gasteiger partial charge in [0.15, 0.2) is 4.67 Å². The van der Waals surface area contributed by atoms with Crippen molar-refractivity contribution in [3.8, 4) is 0 Å². The summed E-state index contributed by atoms with van der Waals surface area (Å²) in [6, 6.07) is 1.44. The molecule has 0 fully saturated rings. The number of methoxy groups -OCH3 is 1. The van der Waals surface area contributed by atoms with Crippen LogP contribution in [0.4, 0.5) is 0 Å². The van der Waals surface area contributed by atoms with Gasteiger partial charge in [0.2, 0.25) is 10.0 Å². The largest absolute Gasteiger partial charge is 0.452 e. The Bertz CT molecular complexity index is 486. The van der Waals surface area contributed by atoms with Gasteiger partial charge >= 0.3 is 0 Å². The summed E-state index contributed by atoms with van der Waals surface area (Å²) in [5.41, 5.74) is 5.41. The molecule has 1 aromatic heterocycles. The molecule has 0 amide bonds. The van der Waals surface area contributed by atoms with Gasteiger partial charge in [-0.2, -0.15) is 0 Å². The van der Waals surface area contributed by atoms with Gasteiger partial charge in [0.05, 0.1) is 6.54 Å². The quantitative estimate of drug-likeness (QED) is 0.752. The summed E-state index contributed by atoms with van der Waals surface area (Å²) in [5, 5.41) is 0. The number of hydrogen-bond donors (Lipinski definition) is 1. The van der Waals surface area contributed by atoms with Crippen molar-refractivity contribution >= 4 is 26.0 Å². The molecule has 0 atom stereocenters. The molecule has 104 valence electrons. The summed E-state index contributed by atoms with van der Waals surface area (Å²) in [6.45, 7) is 1.05. The van der Waals surface area contributed by atoms with E-state index in [1.807, 2.05) is 0 Å². The molecule has 0 radical (unpaired) electrons. The number of nitrogens with zero attached hydrogens (tertiary/aromatic N) is 1. The number of sulfonamides is 1. The second-order valence-corrected chi connectivity index (χ2v) is 6.46. The smallest absolute Gasteiger partial charge is 0.247 e. The van der Waals surface area contributed by atoms with Crippen LogP contribution in [0.5, 0.6) is 0 Å². The van der Waals surface area contributed by atoms with Gasteiger partial charge in [-0.1, -0.05) is 0 Å². The van der Waals surface area contributed by atoms with E-state index in [1.165, 1.54) is 17.4 Å². The second-order valence-electron chi connectivity index (χ2n) is 3.73. The minimum atomic E-state index is -3.56. The maximum absolute atomic E-state index is 12.2. The summed E-state index contributed by atoms with van der Waals surface area (Å²) in [4.78, 5) is 0.0999. The van der Waals surface area contributed by atoms with E-state index < -0.39 is 10.0 Å². The molecule has 0 bridgehead atoms. The first kappa shape index (κ1) is 15.6. The molecular formula is C10H17BrN2O4S. The van der Waals surface area contributed by atoms with Gasteiger partial charge in [0.1, 0.15) is 10.7 Å².